The maximum absolute atomic E-state index is 12.8. The van der Waals surface area contributed by atoms with Crippen LogP contribution in [-0.4, -0.2) is 59.2 Å². The molecule has 32 heavy (non-hydrogen) atoms. The van der Waals surface area contributed by atoms with Gasteiger partial charge in [0.25, 0.3) is 11.8 Å². The molecule has 4 rings (SSSR count). The number of nitrogens with one attached hydrogen (secondary N) is 1. The van der Waals surface area contributed by atoms with Crippen LogP contribution in [0.5, 0.6) is 0 Å². The van der Waals surface area contributed by atoms with E-state index in [1.807, 2.05) is 13.0 Å². The summed E-state index contributed by atoms with van der Waals surface area (Å²) in [6.45, 7) is 3.21. The van der Waals surface area contributed by atoms with Gasteiger partial charge < -0.3 is 19.5 Å². The van der Waals surface area contributed by atoms with E-state index in [9.17, 15) is 22.8 Å². The van der Waals surface area contributed by atoms with Crippen molar-refractivity contribution in [2.24, 2.45) is 0 Å². The van der Waals surface area contributed by atoms with E-state index < -0.39 is 18.0 Å². The summed E-state index contributed by atoms with van der Waals surface area (Å²) in [4.78, 5) is 32.6. The number of aryl methyl sites for hydroxylation is 1. The molecule has 170 valence electrons. The Balaban J connectivity index is 1.39. The summed E-state index contributed by atoms with van der Waals surface area (Å²) in [6.07, 6.45) is -4.74. The molecule has 8 nitrogen and oxygen atoms in total. The van der Waals surface area contributed by atoms with Crippen molar-refractivity contribution in [3.63, 3.8) is 0 Å². The second-order valence-corrected chi connectivity index (χ2v) is 9.30. The molecule has 0 saturated carbocycles. The predicted molar refractivity (Wildman–Crippen MR) is 110 cm³/mol. The summed E-state index contributed by atoms with van der Waals surface area (Å²) in [5.41, 5.74) is 0. The molecule has 0 radical (unpaired) electrons. The van der Waals surface area contributed by atoms with Gasteiger partial charge in [-0.15, -0.1) is 22.7 Å². The zero-order valence-electron chi connectivity index (χ0n) is 16.6. The number of morpholine rings is 1. The molecule has 13 heteroatoms. The Bertz CT molecular complexity index is 1120. The molecular formula is C19H17F3N4O4S2. The van der Waals surface area contributed by atoms with Crippen molar-refractivity contribution in [2.45, 2.75) is 19.1 Å². The predicted octanol–water partition coefficient (Wildman–Crippen LogP) is 3.46. The van der Waals surface area contributed by atoms with Crippen molar-refractivity contribution in [2.75, 3.05) is 26.3 Å². The number of halogens is 3. The molecule has 3 aromatic heterocycles. The monoisotopic (exact) mass is 486 g/mol. The zero-order chi connectivity index (χ0) is 22.9. The third-order valence-electron chi connectivity index (χ3n) is 4.66. The fourth-order valence-corrected chi connectivity index (χ4v) is 4.77. The average molecular weight is 486 g/mol. The number of amides is 2. The third-order valence-corrected chi connectivity index (χ3v) is 6.73. The van der Waals surface area contributed by atoms with Crippen LogP contribution in [-0.2, 0) is 10.9 Å². The lowest BCUT2D eigenvalue weighted by molar-refractivity contribution is -0.159. The third kappa shape index (κ3) is 4.84. The van der Waals surface area contributed by atoms with Crippen LogP contribution in [0.25, 0.3) is 10.7 Å². The van der Waals surface area contributed by atoms with Crippen LogP contribution in [0.1, 0.15) is 30.1 Å². The van der Waals surface area contributed by atoms with E-state index in [1.54, 1.807) is 11.0 Å². The minimum absolute atomic E-state index is 0.110. The number of thiophene rings is 2. The Hall–Kier alpha value is -2.77. The summed E-state index contributed by atoms with van der Waals surface area (Å²) in [6, 6.07) is 6.23. The fourth-order valence-electron chi connectivity index (χ4n) is 3.10. The molecule has 3 aromatic rings. The molecule has 1 unspecified atom stereocenters. The van der Waals surface area contributed by atoms with Crippen LogP contribution < -0.4 is 5.32 Å². The second kappa shape index (κ2) is 9.00. The molecule has 0 bridgehead atoms. The Kier molecular flexibility index (Phi) is 6.31. The molecule has 0 aromatic carbocycles. The molecule has 1 saturated heterocycles. The lowest BCUT2D eigenvalue weighted by Crippen LogP contribution is -2.53. The zero-order valence-corrected chi connectivity index (χ0v) is 18.3. The fraction of sp³-hybridized carbons (Fsp3) is 0.368. The number of hydrogen-bond acceptors (Lipinski definition) is 8. The maximum atomic E-state index is 12.8. The Labute approximate surface area is 188 Å². The van der Waals surface area contributed by atoms with Crippen LogP contribution in [0.4, 0.5) is 13.2 Å². The van der Waals surface area contributed by atoms with Gasteiger partial charge in [-0.1, -0.05) is 5.16 Å². The molecular weight excluding hydrogens is 469 g/mol. The standard InChI is InChI=1S/C19H17F3N4O4S2/c1-10-2-3-14(31-10)17(28)26-6-7-29-9-11(26)8-23-16(27)13-5-4-12(32-13)15-24-18(30-25-15)19(20,21)22/h2-5,11H,6-9H2,1H3,(H,23,27). The van der Waals surface area contributed by atoms with Crippen LogP contribution in [0.3, 0.4) is 0 Å². The minimum Gasteiger partial charge on any atom is -0.377 e. The number of hydrogen-bond donors (Lipinski definition) is 1. The smallest absolute Gasteiger partial charge is 0.377 e. The van der Waals surface area contributed by atoms with Crippen LogP contribution in [0.2, 0.25) is 0 Å². The number of alkyl halides is 3. The van der Waals surface area contributed by atoms with E-state index in [-0.39, 0.29) is 40.7 Å². The largest absolute Gasteiger partial charge is 0.471 e. The van der Waals surface area contributed by atoms with Gasteiger partial charge in [-0.25, -0.2) is 0 Å². The van der Waals surface area contributed by atoms with Gasteiger partial charge in [0.05, 0.1) is 33.9 Å². The second-order valence-electron chi connectivity index (χ2n) is 6.93. The first-order valence-electron chi connectivity index (χ1n) is 9.47. The highest BCUT2D eigenvalue weighted by atomic mass is 32.1. The molecule has 1 N–H and O–H groups in total. The first-order valence-corrected chi connectivity index (χ1v) is 11.1. The number of ether oxygens (including phenoxy) is 1. The van der Waals surface area contributed by atoms with Crippen molar-refractivity contribution in [3.05, 3.63) is 44.8 Å². The van der Waals surface area contributed by atoms with Crippen LogP contribution >= 0.6 is 22.7 Å². The summed E-state index contributed by atoms with van der Waals surface area (Å²) in [5.74, 6) is -2.23. The van der Waals surface area contributed by atoms with Gasteiger partial charge in [-0.3, -0.25) is 9.59 Å². The van der Waals surface area contributed by atoms with Gasteiger partial charge in [0, 0.05) is 18.0 Å². The molecule has 1 fully saturated rings. The van der Waals surface area contributed by atoms with E-state index >= 15 is 0 Å². The van der Waals surface area contributed by atoms with Gasteiger partial charge in [-0.2, -0.15) is 18.2 Å². The normalized spacial score (nSPS) is 16.9. The Morgan fingerprint density at radius 3 is 2.69 bits per heavy atom. The van der Waals surface area contributed by atoms with Crippen molar-refractivity contribution < 1.29 is 32.0 Å². The van der Waals surface area contributed by atoms with Gasteiger partial charge in [0.1, 0.15) is 0 Å². The molecule has 2 amide bonds. The Morgan fingerprint density at radius 1 is 1.22 bits per heavy atom. The van der Waals surface area contributed by atoms with Gasteiger partial charge in [0.2, 0.25) is 5.82 Å². The van der Waals surface area contributed by atoms with Crippen molar-refractivity contribution in [3.8, 4) is 10.7 Å². The first-order chi connectivity index (χ1) is 15.2. The summed E-state index contributed by atoms with van der Waals surface area (Å²) >= 11 is 2.35. The van der Waals surface area contributed by atoms with Gasteiger partial charge in [0.15, 0.2) is 0 Å². The highest BCUT2D eigenvalue weighted by molar-refractivity contribution is 7.17. The van der Waals surface area contributed by atoms with Crippen LogP contribution in [0.15, 0.2) is 28.8 Å². The van der Waals surface area contributed by atoms with E-state index in [1.165, 1.54) is 23.5 Å². The molecule has 1 atom stereocenters. The van der Waals surface area contributed by atoms with Crippen molar-refractivity contribution in [1.29, 1.82) is 0 Å². The lowest BCUT2D eigenvalue weighted by Gasteiger charge is -2.35. The van der Waals surface area contributed by atoms with E-state index in [0.717, 1.165) is 16.2 Å². The van der Waals surface area contributed by atoms with E-state index in [0.29, 0.717) is 18.0 Å². The topological polar surface area (TPSA) is 97.6 Å². The molecule has 0 spiro atoms. The number of carbonyl (C=O) groups is 2. The summed E-state index contributed by atoms with van der Waals surface area (Å²) in [5, 5.41) is 6.08. The van der Waals surface area contributed by atoms with Crippen LogP contribution in [0, 0.1) is 6.92 Å². The van der Waals surface area contributed by atoms with E-state index in [2.05, 4.69) is 20.0 Å². The van der Waals surface area contributed by atoms with E-state index in [4.69, 9.17) is 4.74 Å². The van der Waals surface area contributed by atoms with Gasteiger partial charge in [-0.05, 0) is 31.2 Å². The minimum atomic E-state index is -4.74. The highest BCUT2D eigenvalue weighted by Crippen LogP contribution is 2.31. The van der Waals surface area contributed by atoms with Crippen molar-refractivity contribution in [1.82, 2.24) is 20.4 Å². The highest BCUT2D eigenvalue weighted by Gasteiger charge is 2.38. The lowest BCUT2D eigenvalue weighted by atomic mass is 10.2. The maximum Gasteiger partial charge on any atom is 0.471 e. The molecule has 1 aliphatic heterocycles. The van der Waals surface area contributed by atoms with Gasteiger partial charge >= 0.3 is 12.1 Å². The molecule has 4 heterocycles. The number of carbonyl (C=O) groups excluding carboxylic acids is 2. The average Bonchev–Trinajstić information content (AvgIpc) is 3.51. The van der Waals surface area contributed by atoms with Crippen molar-refractivity contribution >= 4 is 34.5 Å². The molecule has 1 aliphatic rings. The number of rotatable bonds is 5. The summed E-state index contributed by atoms with van der Waals surface area (Å²) < 4.78 is 47.6. The number of aromatic nitrogens is 2. The summed E-state index contributed by atoms with van der Waals surface area (Å²) in [7, 11) is 0. The first kappa shape index (κ1) is 22.4. The Morgan fingerprint density at radius 2 is 2.00 bits per heavy atom. The number of nitrogens with zero attached hydrogens (tertiary/aromatic N) is 3. The SMILES string of the molecule is Cc1ccc(C(=O)N2CCOCC2CNC(=O)c2ccc(-c3noc(C(F)(F)F)n3)s2)s1. The quantitative estimate of drug-likeness (QED) is 0.593. The molecule has 0 aliphatic carbocycles.